The molecule has 0 aliphatic carbocycles. The largest absolute Gasteiger partial charge is 0.507 e. The van der Waals surface area contributed by atoms with Crippen LogP contribution in [0.5, 0.6) is 11.5 Å². The van der Waals surface area contributed by atoms with Crippen LogP contribution in [0.1, 0.15) is 12.5 Å². The van der Waals surface area contributed by atoms with Gasteiger partial charge in [0.25, 0.3) is 0 Å². The van der Waals surface area contributed by atoms with Crippen LogP contribution in [0.3, 0.4) is 0 Å². The lowest BCUT2D eigenvalue weighted by Crippen LogP contribution is -2.26. The summed E-state index contributed by atoms with van der Waals surface area (Å²) in [5, 5.41) is 25.3. The molecule has 3 N–H and O–H groups in total. The molecular weight excluding hydrogens is 380 g/mol. The number of rotatable bonds is 7. The van der Waals surface area contributed by atoms with Crippen LogP contribution < -0.4 is 15.4 Å². The number of nitrogens with one attached hydrogen (secondary N) is 2. The monoisotopic (exact) mass is 402 g/mol. The van der Waals surface area contributed by atoms with E-state index in [9.17, 15) is 9.90 Å². The van der Waals surface area contributed by atoms with Gasteiger partial charge in [0.15, 0.2) is 0 Å². The van der Waals surface area contributed by atoms with Crippen molar-refractivity contribution in [3.63, 3.8) is 0 Å². The zero-order valence-electron chi connectivity index (χ0n) is 16.8. The van der Waals surface area contributed by atoms with Crippen LogP contribution in [0.2, 0.25) is 0 Å². The average Bonchev–Trinajstić information content (AvgIpc) is 2.77. The van der Waals surface area contributed by atoms with Gasteiger partial charge in [-0.05, 0) is 53.6 Å². The SMILES string of the molecule is COc1ccc(O)c(-c2cc(-c3ccc(C#N)cc3)cc(NCCNC(C)=O)n2)c1. The van der Waals surface area contributed by atoms with Gasteiger partial charge in [-0.3, -0.25) is 4.79 Å². The molecule has 0 aliphatic rings. The van der Waals surface area contributed by atoms with Crippen molar-refractivity contribution in [2.24, 2.45) is 0 Å². The lowest BCUT2D eigenvalue weighted by atomic mass is 10.0. The molecule has 2 aromatic carbocycles. The van der Waals surface area contributed by atoms with E-state index in [1.807, 2.05) is 24.3 Å². The number of phenolic OH excluding ortho intramolecular Hbond substituents is 1. The van der Waals surface area contributed by atoms with Gasteiger partial charge in [-0.15, -0.1) is 0 Å². The Morgan fingerprint density at radius 3 is 2.53 bits per heavy atom. The van der Waals surface area contributed by atoms with Gasteiger partial charge >= 0.3 is 0 Å². The van der Waals surface area contributed by atoms with Crippen LogP contribution in [0.25, 0.3) is 22.4 Å². The van der Waals surface area contributed by atoms with Gasteiger partial charge in [-0.1, -0.05) is 12.1 Å². The van der Waals surface area contributed by atoms with E-state index in [0.29, 0.717) is 41.5 Å². The molecule has 1 aromatic heterocycles. The third-order valence-electron chi connectivity index (χ3n) is 4.46. The first-order valence-electron chi connectivity index (χ1n) is 9.38. The van der Waals surface area contributed by atoms with E-state index in [1.165, 1.54) is 6.92 Å². The van der Waals surface area contributed by atoms with Gasteiger partial charge in [0.2, 0.25) is 5.91 Å². The molecule has 0 radical (unpaired) electrons. The van der Waals surface area contributed by atoms with Crippen LogP contribution in [-0.2, 0) is 4.79 Å². The summed E-state index contributed by atoms with van der Waals surface area (Å²) in [5.74, 6) is 1.19. The van der Waals surface area contributed by atoms with Gasteiger partial charge in [0, 0.05) is 25.6 Å². The lowest BCUT2D eigenvalue weighted by Gasteiger charge is -2.13. The Labute approximate surface area is 175 Å². The van der Waals surface area contributed by atoms with Gasteiger partial charge < -0.3 is 20.5 Å². The minimum atomic E-state index is -0.0990. The molecule has 0 aliphatic heterocycles. The van der Waals surface area contributed by atoms with Crippen molar-refractivity contribution in [2.45, 2.75) is 6.92 Å². The quantitative estimate of drug-likeness (QED) is 0.522. The van der Waals surface area contributed by atoms with Crippen molar-refractivity contribution in [3.05, 3.63) is 60.2 Å². The van der Waals surface area contributed by atoms with Gasteiger partial charge in [0.05, 0.1) is 24.4 Å². The third-order valence-corrected chi connectivity index (χ3v) is 4.46. The summed E-state index contributed by atoms with van der Waals surface area (Å²) in [6.45, 7) is 2.41. The van der Waals surface area contributed by atoms with Crippen LogP contribution in [0.4, 0.5) is 5.82 Å². The molecule has 0 fully saturated rings. The molecule has 0 saturated heterocycles. The number of methoxy groups -OCH3 is 1. The van der Waals surface area contributed by atoms with E-state index in [0.717, 1.165) is 11.1 Å². The maximum Gasteiger partial charge on any atom is 0.216 e. The number of hydrogen-bond acceptors (Lipinski definition) is 6. The maximum absolute atomic E-state index is 11.1. The number of phenols is 1. The number of aromatic hydroxyl groups is 1. The van der Waals surface area contributed by atoms with E-state index in [-0.39, 0.29) is 11.7 Å². The second-order valence-electron chi connectivity index (χ2n) is 6.61. The van der Waals surface area contributed by atoms with Crippen molar-refractivity contribution in [3.8, 4) is 40.0 Å². The van der Waals surface area contributed by atoms with Crippen molar-refractivity contribution in [1.29, 1.82) is 5.26 Å². The highest BCUT2D eigenvalue weighted by molar-refractivity contribution is 5.77. The zero-order valence-corrected chi connectivity index (χ0v) is 16.8. The number of aromatic nitrogens is 1. The molecule has 0 atom stereocenters. The number of pyridine rings is 1. The van der Waals surface area contributed by atoms with Gasteiger partial charge in [-0.2, -0.15) is 5.26 Å². The van der Waals surface area contributed by atoms with E-state index in [2.05, 4.69) is 21.7 Å². The fourth-order valence-corrected chi connectivity index (χ4v) is 2.94. The smallest absolute Gasteiger partial charge is 0.216 e. The minimum Gasteiger partial charge on any atom is -0.507 e. The number of ether oxygens (including phenoxy) is 1. The molecule has 0 saturated carbocycles. The highest BCUT2D eigenvalue weighted by Gasteiger charge is 2.12. The molecule has 1 amide bonds. The number of nitriles is 1. The number of amides is 1. The minimum absolute atomic E-state index is 0.0875. The van der Waals surface area contributed by atoms with Crippen LogP contribution in [-0.4, -0.2) is 36.2 Å². The molecule has 30 heavy (non-hydrogen) atoms. The second-order valence-corrected chi connectivity index (χ2v) is 6.61. The normalized spacial score (nSPS) is 10.2. The lowest BCUT2D eigenvalue weighted by molar-refractivity contribution is -0.118. The molecule has 0 bridgehead atoms. The molecule has 152 valence electrons. The predicted molar refractivity (Wildman–Crippen MR) is 115 cm³/mol. The first kappa shape index (κ1) is 20.7. The Morgan fingerprint density at radius 2 is 1.87 bits per heavy atom. The van der Waals surface area contributed by atoms with E-state index < -0.39 is 0 Å². The highest BCUT2D eigenvalue weighted by atomic mass is 16.5. The number of carbonyl (C=O) groups is 1. The number of nitrogens with zero attached hydrogens (tertiary/aromatic N) is 2. The fraction of sp³-hybridized carbons (Fsp3) is 0.174. The highest BCUT2D eigenvalue weighted by Crippen LogP contribution is 2.35. The fourth-order valence-electron chi connectivity index (χ4n) is 2.94. The molecule has 3 aromatic rings. The summed E-state index contributed by atoms with van der Waals surface area (Å²) in [4.78, 5) is 15.7. The number of hydrogen-bond donors (Lipinski definition) is 3. The molecule has 0 spiro atoms. The Bertz CT molecular complexity index is 1090. The van der Waals surface area contributed by atoms with E-state index in [4.69, 9.17) is 10.00 Å². The van der Waals surface area contributed by atoms with Gasteiger partial charge in [0.1, 0.15) is 17.3 Å². The summed E-state index contributed by atoms with van der Waals surface area (Å²) in [7, 11) is 1.56. The first-order chi connectivity index (χ1) is 14.5. The van der Waals surface area contributed by atoms with Crippen molar-refractivity contribution >= 4 is 11.7 Å². The molecule has 0 unspecified atom stereocenters. The standard InChI is InChI=1S/C23H22N4O3/c1-15(28)25-9-10-26-23-12-18(17-5-3-16(14-24)4-6-17)11-21(27-23)20-13-19(30-2)7-8-22(20)29/h3-8,11-13,29H,9-10H2,1-2H3,(H,25,28)(H,26,27). The first-order valence-corrected chi connectivity index (χ1v) is 9.38. The summed E-state index contributed by atoms with van der Waals surface area (Å²) in [5.41, 5.74) is 3.45. The van der Waals surface area contributed by atoms with Crippen LogP contribution in [0.15, 0.2) is 54.6 Å². The van der Waals surface area contributed by atoms with Crippen LogP contribution >= 0.6 is 0 Å². The predicted octanol–water partition coefficient (Wildman–Crippen LogP) is 3.55. The number of carbonyl (C=O) groups excluding carboxylic acids is 1. The van der Waals surface area contributed by atoms with Crippen LogP contribution in [0, 0.1) is 11.3 Å². The summed E-state index contributed by atoms with van der Waals surface area (Å²) >= 11 is 0. The maximum atomic E-state index is 11.1. The number of anilines is 1. The summed E-state index contributed by atoms with van der Waals surface area (Å²) in [6, 6.07) is 18.1. The Balaban J connectivity index is 2.01. The third kappa shape index (κ3) is 5.06. The Kier molecular flexibility index (Phi) is 6.50. The molecule has 7 nitrogen and oxygen atoms in total. The molecule has 3 rings (SSSR count). The van der Waals surface area contributed by atoms with Crippen molar-refractivity contribution in [1.82, 2.24) is 10.3 Å². The van der Waals surface area contributed by atoms with Gasteiger partial charge in [-0.25, -0.2) is 4.98 Å². The molecular formula is C23H22N4O3. The molecule has 1 heterocycles. The summed E-state index contributed by atoms with van der Waals surface area (Å²) < 4.78 is 5.28. The zero-order chi connectivity index (χ0) is 21.5. The number of benzene rings is 2. The Hall–Kier alpha value is -4.05. The summed E-state index contributed by atoms with van der Waals surface area (Å²) in [6.07, 6.45) is 0. The topological polar surface area (TPSA) is 107 Å². The van der Waals surface area contributed by atoms with Crippen molar-refractivity contribution < 1.29 is 14.6 Å². The Morgan fingerprint density at radius 1 is 1.10 bits per heavy atom. The second kappa shape index (κ2) is 9.43. The average molecular weight is 402 g/mol. The van der Waals surface area contributed by atoms with E-state index >= 15 is 0 Å². The van der Waals surface area contributed by atoms with E-state index in [1.54, 1.807) is 37.4 Å². The van der Waals surface area contributed by atoms with Crippen molar-refractivity contribution in [2.75, 3.05) is 25.5 Å². The molecule has 7 heteroatoms.